The van der Waals surface area contributed by atoms with Gasteiger partial charge in [-0.1, -0.05) is 15.9 Å². The Labute approximate surface area is 101 Å². The third-order valence-corrected chi connectivity index (χ3v) is 2.76. The quantitative estimate of drug-likeness (QED) is 0.939. The number of rotatable bonds is 3. The van der Waals surface area contributed by atoms with Gasteiger partial charge in [0.1, 0.15) is 0 Å². The maximum Gasteiger partial charge on any atom is 0.307 e. The monoisotopic (exact) mass is 279 g/mol. The van der Waals surface area contributed by atoms with E-state index in [-0.39, 0.29) is 6.42 Å². The fourth-order valence-corrected chi connectivity index (χ4v) is 2.01. The number of aliphatic carboxylic acids is 1. The zero-order valence-electron chi connectivity index (χ0n) is 8.43. The van der Waals surface area contributed by atoms with Crippen LogP contribution in [-0.4, -0.2) is 15.6 Å². The number of carboxylic acid groups (broad SMARTS) is 1. The summed E-state index contributed by atoms with van der Waals surface area (Å²) in [6, 6.07) is 9.46. The molecule has 0 aliphatic heterocycles. The molecule has 0 unspecified atom stereocenters. The highest BCUT2D eigenvalue weighted by Gasteiger charge is 2.08. The standard InChI is InChI=1S/C12H10BrNO2/c13-10-3-4-11(14-5-1-2-6-14)9(7-10)8-12(15)16/h1-7H,8H2,(H,15,16). The van der Waals surface area contributed by atoms with E-state index in [4.69, 9.17) is 5.11 Å². The van der Waals surface area contributed by atoms with Gasteiger partial charge in [0.15, 0.2) is 0 Å². The summed E-state index contributed by atoms with van der Waals surface area (Å²) >= 11 is 3.35. The Kier molecular flexibility index (Phi) is 3.10. The van der Waals surface area contributed by atoms with Crippen molar-refractivity contribution in [3.63, 3.8) is 0 Å². The number of carboxylic acids is 1. The average molecular weight is 280 g/mol. The number of hydrogen-bond donors (Lipinski definition) is 1. The van der Waals surface area contributed by atoms with Gasteiger partial charge in [-0.3, -0.25) is 4.79 Å². The molecule has 1 aromatic carbocycles. The Morgan fingerprint density at radius 2 is 2.00 bits per heavy atom. The van der Waals surface area contributed by atoms with Crippen molar-refractivity contribution in [3.8, 4) is 5.69 Å². The number of aromatic nitrogens is 1. The summed E-state index contributed by atoms with van der Waals surface area (Å²) in [5, 5.41) is 8.86. The predicted molar refractivity (Wildman–Crippen MR) is 64.8 cm³/mol. The normalized spacial score (nSPS) is 10.3. The first kappa shape index (κ1) is 11.0. The Bertz CT molecular complexity index is 506. The molecule has 16 heavy (non-hydrogen) atoms. The Hall–Kier alpha value is -1.55. The molecule has 0 aliphatic rings. The van der Waals surface area contributed by atoms with Crippen LogP contribution in [0, 0.1) is 0 Å². The molecule has 0 saturated heterocycles. The average Bonchev–Trinajstić information content (AvgIpc) is 2.69. The number of nitrogens with zero attached hydrogens (tertiary/aromatic N) is 1. The number of carbonyl (C=O) groups is 1. The van der Waals surface area contributed by atoms with Gasteiger partial charge in [0.05, 0.1) is 6.42 Å². The van der Waals surface area contributed by atoms with E-state index in [2.05, 4.69) is 15.9 Å². The molecule has 4 heteroatoms. The topological polar surface area (TPSA) is 42.2 Å². The van der Waals surface area contributed by atoms with Crippen LogP contribution in [0.5, 0.6) is 0 Å². The number of halogens is 1. The Morgan fingerprint density at radius 3 is 2.62 bits per heavy atom. The van der Waals surface area contributed by atoms with E-state index in [1.807, 2.05) is 47.3 Å². The van der Waals surface area contributed by atoms with Gasteiger partial charge in [-0.25, -0.2) is 0 Å². The fourth-order valence-electron chi connectivity index (χ4n) is 1.61. The van der Waals surface area contributed by atoms with E-state index in [0.29, 0.717) is 0 Å². The van der Waals surface area contributed by atoms with Gasteiger partial charge < -0.3 is 9.67 Å². The van der Waals surface area contributed by atoms with Crippen molar-refractivity contribution in [2.75, 3.05) is 0 Å². The molecule has 2 rings (SSSR count). The summed E-state index contributed by atoms with van der Waals surface area (Å²) in [6.45, 7) is 0. The van der Waals surface area contributed by atoms with Crippen molar-refractivity contribution in [2.24, 2.45) is 0 Å². The molecule has 3 nitrogen and oxygen atoms in total. The van der Waals surface area contributed by atoms with Crippen LogP contribution in [0.2, 0.25) is 0 Å². The minimum atomic E-state index is -0.827. The Balaban J connectivity index is 2.48. The van der Waals surface area contributed by atoms with Crippen LogP contribution >= 0.6 is 15.9 Å². The van der Waals surface area contributed by atoms with Gasteiger partial charge in [0.2, 0.25) is 0 Å². The molecule has 0 fully saturated rings. The second-order valence-corrected chi connectivity index (χ2v) is 4.35. The van der Waals surface area contributed by atoms with Crippen molar-refractivity contribution >= 4 is 21.9 Å². The molecular weight excluding hydrogens is 270 g/mol. The molecule has 82 valence electrons. The molecule has 1 N–H and O–H groups in total. The lowest BCUT2D eigenvalue weighted by Crippen LogP contribution is -2.04. The van der Waals surface area contributed by atoms with Gasteiger partial charge in [-0.15, -0.1) is 0 Å². The molecule has 0 atom stereocenters. The first-order valence-corrected chi connectivity index (χ1v) is 5.59. The van der Waals surface area contributed by atoms with Crippen molar-refractivity contribution in [1.29, 1.82) is 0 Å². The summed E-state index contributed by atoms with van der Waals surface area (Å²) < 4.78 is 2.80. The summed E-state index contributed by atoms with van der Waals surface area (Å²) in [7, 11) is 0. The lowest BCUT2D eigenvalue weighted by atomic mass is 10.1. The zero-order chi connectivity index (χ0) is 11.5. The number of hydrogen-bond acceptors (Lipinski definition) is 1. The second-order valence-electron chi connectivity index (χ2n) is 3.43. The van der Waals surface area contributed by atoms with Crippen LogP contribution < -0.4 is 0 Å². The first-order valence-electron chi connectivity index (χ1n) is 4.80. The minimum absolute atomic E-state index is 0.0208. The number of benzene rings is 1. The minimum Gasteiger partial charge on any atom is -0.481 e. The van der Waals surface area contributed by atoms with Gasteiger partial charge in [-0.05, 0) is 35.9 Å². The van der Waals surface area contributed by atoms with Crippen molar-refractivity contribution in [2.45, 2.75) is 6.42 Å². The molecule has 0 spiro atoms. The van der Waals surface area contributed by atoms with E-state index in [1.54, 1.807) is 0 Å². The van der Waals surface area contributed by atoms with E-state index >= 15 is 0 Å². The Morgan fingerprint density at radius 1 is 1.31 bits per heavy atom. The summed E-state index contributed by atoms with van der Waals surface area (Å²) in [5.41, 5.74) is 1.69. The second kappa shape index (κ2) is 4.53. The van der Waals surface area contributed by atoms with Crippen LogP contribution in [0.4, 0.5) is 0 Å². The molecule has 0 amide bonds. The van der Waals surface area contributed by atoms with Gasteiger partial charge in [0, 0.05) is 22.6 Å². The van der Waals surface area contributed by atoms with Gasteiger partial charge >= 0.3 is 5.97 Å². The summed E-state index contributed by atoms with van der Waals surface area (Å²) in [6.07, 6.45) is 3.82. The summed E-state index contributed by atoms with van der Waals surface area (Å²) in [5.74, 6) is -0.827. The maximum absolute atomic E-state index is 10.8. The lowest BCUT2D eigenvalue weighted by molar-refractivity contribution is -0.136. The maximum atomic E-state index is 10.8. The predicted octanol–water partition coefficient (Wildman–Crippen LogP) is 2.87. The van der Waals surface area contributed by atoms with Gasteiger partial charge in [-0.2, -0.15) is 0 Å². The third-order valence-electron chi connectivity index (χ3n) is 2.27. The highest BCUT2D eigenvalue weighted by Crippen LogP contribution is 2.20. The lowest BCUT2D eigenvalue weighted by Gasteiger charge is -2.09. The third kappa shape index (κ3) is 2.33. The smallest absolute Gasteiger partial charge is 0.307 e. The molecule has 0 saturated carbocycles. The largest absolute Gasteiger partial charge is 0.481 e. The van der Waals surface area contributed by atoms with Crippen LogP contribution in [0.3, 0.4) is 0 Å². The first-order chi connectivity index (χ1) is 7.66. The molecular formula is C12H10BrNO2. The van der Waals surface area contributed by atoms with Crippen LogP contribution in [-0.2, 0) is 11.2 Å². The van der Waals surface area contributed by atoms with Crippen LogP contribution in [0.25, 0.3) is 5.69 Å². The van der Waals surface area contributed by atoms with Gasteiger partial charge in [0.25, 0.3) is 0 Å². The van der Waals surface area contributed by atoms with E-state index in [9.17, 15) is 4.79 Å². The molecule has 0 aliphatic carbocycles. The molecule has 0 bridgehead atoms. The molecule has 0 radical (unpaired) electrons. The van der Waals surface area contributed by atoms with E-state index in [0.717, 1.165) is 15.7 Å². The molecule has 1 heterocycles. The zero-order valence-corrected chi connectivity index (χ0v) is 10.0. The van der Waals surface area contributed by atoms with E-state index < -0.39 is 5.97 Å². The van der Waals surface area contributed by atoms with Crippen molar-refractivity contribution < 1.29 is 9.90 Å². The van der Waals surface area contributed by atoms with Crippen LogP contribution in [0.1, 0.15) is 5.56 Å². The highest BCUT2D eigenvalue weighted by atomic mass is 79.9. The fraction of sp³-hybridized carbons (Fsp3) is 0.0833. The molecule has 1 aromatic heterocycles. The van der Waals surface area contributed by atoms with Crippen LogP contribution in [0.15, 0.2) is 47.2 Å². The summed E-state index contributed by atoms with van der Waals surface area (Å²) in [4.78, 5) is 10.8. The SMILES string of the molecule is O=C(O)Cc1cc(Br)ccc1-n1cccc1. The van der Waals surface area contributed by atoms with Crippen molar-refractivity contribution in [3.05, 3.63) is 52.8 Å². The van der Waals surface area contributed by atoms with Crippen molar-refractivity contribution in [1.82, 2.24) is 4.57 Å². The van der Waals surface area contributed by atoms with E-state index in [1.165, 1.54) is 0 Å². The molecule has 2 aromatic rings. The highest BCUT2D eigenvalue weighted by molar-refractivity contribution is 9.10.